The van der Waals surface area contributed by atoms with Gasteiger partial charge in [-0.1, -0.05) is 41.7 Å². The van der Waals surface area contributed by atoms with Crippen molar-refractivity contribution in [1.29, 1.82) is 0 Å². The van der Waals surface area contributed by atoms with E-state index in [9.17, 15) is 9.90 Å². The third-order valence-corrected chi connectivity index (χ3v) is 7.02. The molecule has 33 heavy (non-hydrogen) atoms. The number of carbonyl (C=O) groups is 1. The lowest BCUT2D eigenvalue weighted by atomic mass is 10.0. The van der Waals surface area contributed by atoms with E-state index in [1.54, 1.807) is 6.92 Å². The van der Waals surface area contributed by atoms with E-state index >= 15 is 0 Å². The number of carboxylic acid groups (broad SMARTS) is 1. The van der Waals surface area contributed by atoms with Crippen LogP contribution in [0.1, 0.15) is 32.9 Å². The first-order valence-electron chi connectivity index (χ1n) is 11.2. The third kappa shape index (κ3) is 4.62. The molecular formula is C23H27N7O2S. The number of aromatic nitrogens is 3. The van der Waals surface area contributed by atoms with Crippen molar-refractivity contribution in [2.45, 2.75) is 26.3 Å². The normalized spacial score (nSPS) is 15.9. The lowest BCUT2D eigenvalue weighted by molar-refractivity contribution is 0.0701. The van der Waals surface area contributed by atoms with Crippen molar-refractivity contribution in [2.24, 2.45) is 0 Å². The number of hydrogen-bond acceptors (Lipinski definition) is 9. The number of thiazole rings is 1. The first-order valence-corrected chi connectivity index (χ1v) is 12.0. The molecular weight excluding hydrogens is 438 g/mol. The van der Waals surface area contributed by atoms with Crippen molar-refractivity contribution in [1.82, 2.24) is 20.3 Å². The topological polar surface area (TPSA) is 107 Å². The summed E-state index contributed by atoms with van der Waals surface area (Å²) in [6.07, 6.45) is 2.00. The van der Waals surface area contributed by atoms with Crippen LogP contribution in [0.5, 0.6) is 0 Å². The minimum atomic E-state index is -0.972. The number of aryl methyl sites for hydroxylation is 1. The molecule has 0 bridgehead atoms. The standard InChI is InChI=1S/C23H27N7O2S/c1-15-18(21(31)32)33-23(25-15)28-22-26-19(29-12-9-24-10-13-29)17-8-5-11-30(20(17)27-22)14-16-6-3-2-4-7-16/h2-4,6-7,24H,5,8-14H2,1H3,(H,31,32)(H,25,26,27,28). The first-order chi connectivity index (χ1) is 16.1. The number of rotatable bonds is 6. The molecule has 2 aromatic heterocycles. The number of carboxylic acids is 1. The van der Waals surface area contributed by atoms with Crippen LogP contribution in [0.25, 0.3) is 0 Å². The van der Waals surface area contributed by atoms with Crippen molar-refractivity contribution in [3.63, 3.8) is 0 Å². The van der Waals surface area contributed by atoms with Gasteiger partial charge in [-0.15, -0.1) is 0 Å². The number of anilines is 4. The second-order valence-electron chi connectivity index (χ2n) is 8.28. The van der Waals surface area contributed by atoms with Crippen LogP contribution in [0.4, 0.5) is 22.7 Å². The molecule has 4 heterocycles. The summed E-state index contributed by atoms with van der Waals surface area (Å²) in [5.41, 5.74) is 2.91. The van der Waals surface area contributed by atoms with Gasteiger partial charge < -0.3 is 20.2 Å². The Morgan fingerprint density at radius 3 is 2.61 bits per heavy atom. The summed E-state index contributed by atoms with van der Waals surface area (Å²) in [5.74, 6) is 1.39. The number of piperazine rings is 1. The third-order valence-electron chi connectivity index (χ3n) is 5.96. The zero-order valence-electron chi connectivity index (χ0n) is 18.5. The summed E-state index contributed by atoms with van der Waals surface area (Å²) < 4.78 is 0. The van der Waals surface area contributed by atoms with Crippen LogP contribution >= 0.6 is 11.3 Å². The molecule has 2 aliphatic heterocycles. The lowest BCUT2D eigenvalue weighted by Crippen LogP contribution is -2.45. The number of aromatic carboxylic acids is 1. The average Bonchev–Trinajstić information content (AvgIpc) is 3.20. The van der Waals surface area contributed by atoms with Gasteiger partial charge in [0.1, 0.15) is 16.5 Å². The number of benzene rings is 1. The van der Waals surface area contributed by atoms with E-state index in [-0.39, 0.29) is 4.88 Å². The fraction of sp³-hybridized carbons (Fsp3) is 0.391. The van der Waals surface area contributed by atoms with E-state index in [1.165, 1.54) is 11.1 Å². The van der Waals surface area contributed by atoms with Crippen LogP contribution in [0.2, 0.25) is 0 Å². The Labute approximate surface area is 196 Å². The van der Waals surface area contributed by atoms with Crippen LogP contribution in [0.3, 0.4) is 0 Å². The van der Waals surface area contributed by atoms with Crippen molar-refractivity contribution >= 4 is 40.0 Å². The molecule has 0 atom stereocenters. The Bertz CT molecular complexity index is 1150. The SMILES string of the molecule is Cc1nc(Nc2nc(N3CCNCC3)c3c(n2)N(Cc2ccccc2)CCC3)sc1C(=O)O. The fourth-order valence-corrected chi connectivity index (χ4v) is 5.19. The van der Waals surface area contributed by atoms with Crippen molar-refractivity contribution < 1.29 is 9.90 Å². The Kier molecular flexibility index (Phi) is 6.10. The summed E-state index contributed by atoms with van der Waals surface area (Å²) in [6.45, 7) is 7.03. The molecule has 0 spiro atoms. The van der Waals surface area contributed by atoms with Gasteiger partial charge in [-0.2, -0.15) is 9.97 Å². The molecule has 1 saturated heterocycles. The molecule has 1 aromatic carbocycles. The van der Waals surface area contributed by atoms with Gasteiger partial charge in [0.05, 0.1) is 5.69 Å². The summed E-state index contributed by atoms with van der Waals surface area (Å²) in [7, 11) is 0. The van der Waals surface area contributed by atoms with E-state index in [0.717, 1.165) is 75.1 Å². The monoisotopic (exact) mass is 465 g/mol. The zero-order valence-corrected chi connectivity index (χ0v) is 19.4. The maximum Gasteiger partial charge on any atom is 0.347 e. The molecule has 0 amide bonds. The maximum atomic E-state index is 11.4. The average molecular weight is 466 g/mol. The summed E-state index contributed by atoms with van der Waals surface area (Å²) in [4.78, 5) is 30.5. The highest BCUT2D eigenvalue weighted by molar-refractivity contribution is 7.17. The zero-order chi connectivity index (χ0) is 22.8. The van der Waals surface area contributed by atoms with Crippen molar-refractivity contribution in [3.05, 3.63) is 52.0 Å². The largest absolute Gasteiger partial charge is 0.477 e. The summed E-state index contributed by atoms with van der Waals surface area (Å²) >= 11 is 1.11. The molecule has 0 aliphatic carbocycles. The smallest absolute Gasteiger partial charge is 0.347 e. The number of hydrogen-bond donors (Lipinski definition) is 3. The van der Waals surface area contributed by atoms with Gasteiger partial charge in [0.25, 0.3) is 0 Å². The van der Waals surface area contributed by atoms with E-state index in [4.69, 9.17) is 9.97 Å². The van der Waals surface area contributed by atoms with Crippen LogP contribution in [0.15, 0.2) is 30.3 Å². The molecule has 172 valence electrons. The van der Waals surface area contributed by atoms with Gasteiger partial charge in [0.15, 0.2) is 5.13 Å². The summed E-state index contributed by atoms with van der Waals surface area (Å²) in [6, 6.07) is 10.4. The van der Waals surface area contributed by atoms with Gasteiger partial charge in [-0.25, -0.2) is 9.78 Å². The second-order valence-corrected chi connectivity index (χ2v) is 9.28. The van der Waals surface area contributed by atoms with Crippen LogP contribution in [0, 0.1) is 6.92 Å². The molecule has 3 N–H and O–H groups in total. The highest BCUT2D eigenvalue weighted by atomic mass is 32.1. The van der Waals surface area contributed by atoms with Crippen LogP contribution < -0.4 is 20.4 Å². The van der Waals surface area contributed by atoms with E-state index in [2.05, 4.69) is 49.7 Å². The van der Waals surface area contributed by atoms with E-state index < -0.39 is 5.97 Å². The molecule has 0 unspecified atom stereocenters. The van der Waals surface area contributed by atoms with Gasteiger partial charge >= 0.3 is 5.97 Å². The molecule has 3 aromatic rings. The molecule has 9 nitrogen and oxygen atoms in total. The highest BCUT2D eigenvalue weighted by Gasteiger charge is 2.27. The van der Waals surface area contributed by atoms with E-state index in [1.807, 2.05) is 6.07 Å². The molecule has 0 radical (unpaired) electrons. The molecule has 0 saturated carbocycles. The maximum absolute atomic E-state index is 11.4. The second kappa shape index (κ2) is 9.32. The molecule has 2 aliphatic rings. The van der Waals surface area contributed by atoms with Gasteiger partial charge in [-0.3, -0.25) is 5.32 Å². The van der Waals surface area contributed by atoms with Gasteiger partial charge in [0.2, 0.25) is 5.95 Å². The number of nitrogens with zero attached hydrogens (tertiary/aromatic N) is 5. The predicted octanol–water partition coefficient (Wildman–Crippen LogP) is 3.05. The minimum Gasteiger partial charge on any atom is -0.477 e. The molecule has 5 rings (SSSR count). The quantitative estimate of drug-likeness (QED) is 0.506. The van der Waals surface area contributed by atoms with Crippen molar-refractivity contribution in [3.8, 4) is 0 Å². The van der Waals surface area contributed by atoms with E-state index in [0.29, 0.717) is 16.8 Å². The lowest BCUT2D eigenvalue weighted by Gasteiger charge is -2.35. The van der Waals surface area contributed by atoms with Gasteiger partial charge in [-0.05, 0) is 25.3 Å². The summed E-state index contributed by atoms with van der Waals surface area (Å²) in [5, 5.41) is 16.5. The van der Waals surface area contributed by atoms with Crippen LogP contribution in [-0.4, -0.2) is 58.8 Å². The van der Waals surface area contributed by atoms with Crippen molar-refractivity contribution in [2.75, 3.05) is 47.8 Å². The molecule has 10 heteroatoms. The van der Waals surface area contributed by atoms with Gasteiger partial charge in [0, 0.05) is 44.8 Å². The molecule has 1 fully saturated rings. The number of nitrogens with one attached hydrogen (secondary N) is 2. The Morgan fingerprint density at radius 2 is 1.88 bits per heavy atom. The number of fused-ring (bicyclic) bond motifs is 1. The Hall–Kier alpha value is -3.24. The minimum absolute atomic E-state index is 0.225. The predicted molar refractivity (Wildman–Crippen MR) is 130 cm³/mol. The first kappa shape index (κ1) is 21.6. The highest BCUT2D eigenvalue weighted by Crippen LogP contribution is 2.35. The fourth-order valence-electron chi connectivity index (χ4n) is 4.39. The Morgan fingerprint density at radius 1 is 1.12 bits per heavy atom. The van der Waals surface area contributed by atoms with Crippen LogP contribution in [-0.2, 0) is 13.0 Å². The Balaban J connectivity index is 1.53.